The highest BCUT2D eigenvalue weighted by Gasteiger charge is 2.27. The molecule has 2 aromatic rings. The van der Waals surface area contributed by atoms with E-state index in [1.54, 1.807) is 0 Å². The highest BCUT2D eigenvalue weighted by atomic mass is 16.2. The number of hydrogen-bond acceptors (Lipinski definition) is 2. The van der Waals surface area contributed by atoms with E-state index in [9.17, 15) is 9.59 Å². The number of imide groups is 1. The van der Waals surface area contributed by atoms with E-state index in [0.717, 1.165) is 35.8 Å². The average Bonchev–Trinajstić information content (AvgIpc) is 3.06. The van der Waals surface area contributed by atoms with Crippen LogP contribution in [-0.2, 0) is 0 Å². The van der Waals surface area contributed by atoms with Gasteiger partial charge in [0.1, 0.15) is 0 Å². The van der Waals surface area contributed by atoms with Crippen molar-refractivity contribution in [3.8, 4) is 11.1 Å². The Morgan fingerprint density at radius 2 is 1.26 bits per heavy atom. The summed E-state index contributed by atoms with van der Waals surface area (Å²) in [7, 11) is 0. The molecule has 1 aliphatic carbocycles. The molecule has 2 atom stereocenters. The SMILES string of the molecule is CCCCCCCC(C)NC(=O)N(C(=O)c1ccc(-c2ccc(C3CCC(CCCCC(C)CCCC)CC3)cc2)cc1)C(C)C. The van der Waals surface area contributed by atoms with Gasteiger partial charge in [0.2, 0.25) is 0 Å². The largest absolute Gasteiger partial charge is 0.335 e. The fraction of sp³-hybridized carbons (Fsp3) is 0.667. The van der Waals surface area contributed by atoms with Crippen LogP contribution in [0.15, 0.2) is 48.5 Å². The lowest BCUT2D eigenvalue weighted by Crippen LogP contribution is -2.50. The first kappa shape index (κ1) is 37.8. The second kappa shape index (κ2) is 20.6. The van der Waals surface area contributed by atoms with E-state index in [4.69, 9.17) is 0 Å². The predicted molar refractivity (Wildman–Crippen MR) is 196 cm³/mol. The van der Waals surface area contributed by atoms with E-state index in [1.807, 2.05) is 45.0 Å². The molecule has 46 heavy (non-hydrogen) atoms. The molecule has 3 amide bonds. The lowest BCUT2D eigenvalue weighted by atomic mass is 9.77. The van der Waals surface area contributed by atoms with Crippen molar-refractivity contribution >= 4 is 11.9 Å². The predicted octanol–water partition coefficient (Wildman–Crippen LogP) is 12.3. The number of unbranched alkanes of at least 4 members (excludes halogenated alkanes) is 6. The molecule has 0 radical (unpaired) electrons. The van der Waals surface area contributed by atoms with Crippen molar-refractivity contribution in [2.75, 3.05) is 0 Å². The van der Waals surface area contributed by atoms with Gasteiger partial charge in [-0.05, 0) is 99.5 Å². The lowest BCUT2D eigenvalue weighted by molar-refractivity contribution is 0.0759. The summed E-state index contributed by atoms with van der Waals surface area (Å²) in [5, 5.41) is 3.06. The van der Waals surface area contributed by atoms with Crippen LogP contribution in [0, 0.1) is 11.8 Å². The summed E-state index contributed by atoms with van der Waals surface area (Å²) >= 11 is 0. The number of rotatable bonds is 19. The number of hydrogen-bond donors (Lipinski definition) is 1. The van der Waals surface area contributed by atoms with E-state index in [2.05, 4.69) is 50.4 Å². The Balaban J connectivity index is 1.47. The van der Waals surface area contributed by atoms with Crippen molar-refractivity contribution in [3.63, 3.8) is 0 Å². The number of urea groups is 1. The summed E-state index contributed by atoms with van der Waals surface area (Å²) in [6, 6.07) is 16.3. The first-order chi connectivity index (χ1) is 22.2. The van der Waals surface area contributed by atoms with Gasteiger partial charge in [0.25, 0.3) is 5.91 Å². The van der Waals surface area contributed by atoms with Gasteiger partial charge in [-0.2, -0.15) is 0 Å². The molecule has 4 heteroatoms. The molecule has 1 saturated carbocycles. The quantitative estimate of drug-likeness (QED) is 0.157. The fourth-order valence-electron chi connectivity index (χ4n) is 7.27. The number of nitrogens with one attached hydrogen (secondary N) is 1. The summed E-state index contributed by atoms with van der Waals surface area (Å²) in [6.07, 6.45) is 22.1. The Kier molecular flexibility index (Phi) is 16.9. The maximum atomic E-state index is 13.4. The third-order valence-corrected chi connectivity index (χ3v) is 10.4. The van der Waals surface area contributed by atoms with Gasteiger partial charge in [0.15, 0.2) is 0 Å². The van der Waals surface area contributed by atoms with Gasteiger partial charge in [-0.25, -0.2) is 4.79 Å². The van der Waals surface area contributed by atoms with Crippen molar-refractivity contribution in [1.29, 1.82) is 0 Å². The van der Waals surface area contributed by atoms with Gasteiger partial charge in [0, 0.05) is 17.6 Å². The molecule has 0 heterocycles. The fourth-order valence-corrected chi connectivity index (χ4v) is 7.27. The Bertz CT molecular complexity index is 1130. The van der Waals surface area contributed by atoms with Crippen LogP contribution in [0.5, 0.6) is 0 Å². The molecule has 0 spiro atoms. The van der Waals surface area contributed by atoms with Gasteiger partial charge in [0.05, 0.1) is 0 Å². The van der Waals surface area contributed by atoms with Crippen molar-refractivity contribution in [3.05, 3.63) is 59.7 Å². The summed E-state index contributed by atoms with van der Waals surface area (Å²) in [6.45, 7) is 12.8. The van der Waals surface area contributed by atoms with Crippen molar-refractivity contribution in [1.82, 2.24) is 10.2 Å². The molecule has 1 aliphatic rings. The maximum Gasteiger partial charge on any atom is 0.324 e. The topological polar surface area (TPSA) is 49.4 Å². The highest BCUT2D eigenvalue weighted by molar-refractivity contribution is 6.04. The molecule has 0 aromatic heterocycles. The van der Waals surface area contributed by atoms with Gasteiger partial charge in [-0.15, -0.1) is 0 Å². The molecule has 4 nitrogen and oxygen atoms in total. The van der Waals surface area contributed by atoms with Crippen LogP contribution in [0.3, 0.4) is 0 Å². The van der Waals surface area contributed by atoms with Gasteiger partial charge in [-0.1, -0.05) is 134 Å². The molecule has 2 aromatic carbocycles. The highest BCUT2D eigenvalue weighted by Crippen LogP contribution is 2.38. The molecule has 1 N–H and O–H groups in total. The zero-order chi connectivity index (χ0) is 33.3. The summed E-state index contributed by atoms with van der Waals surface area (Å²) in [5.41, 5.74) is 4.26. The molecular weight excluding hydrogens is 564 g/mol. The zero-order valence-electron chi connectivity index (χ0n) is 30.3. The Morgan fingerprint density at radius 1 is 0.696 bits per heavy atom. The van der Waals surface area contributed by atoms with Crippen molar-refractivity contribution < 1.29 is 9.59 Å². The molecule has 0 aliphatic heterocycles. The summed E-state index contributed by atoms with van der Waals surface area (Å²) in [5.74, 6) is 2.25. The molecule has 0 saturated heterocycles. The van der Waals surface area contributed by atoms with Gasteiger partial charge >= 0.3 is 6.03 Å². The van der Waals surface area contributed by atoms with Crippen LogP contribution < -0.4 is 5.32 Å². The van der Waals surface area contributed by atoms with E-state index in [0.29, 0.717) is 11.5 Å². The Morgan fingerprint density at radius 3 is 1.87 bits per heavy atom. The second-order valence-electron chi connectivity index (χ2n) is 14.8. The molecule has 1 fully saturated rings. The van der Waals surface area contributed by atoms with Crippen molar-refractivity contribution in [2.24, 2.45) is 11.8 Å². The maximum absolute atomic E-state index is 13.4. The normalized spacial score (nSPS) is 17.9. The molecule has 2 unspecified atom stereocenters. The Hall–Kier alpha value is -2.62. The van der Waals surface area contributed by atoms with Crippen LogP contribution in [0.2, 0.25) is 0 Å². The standard InChI is InChI=1S/C42H66N2O2/c1-7-9-11-12-13-18-34(6)43-42(46)44(32(3)4)41(45)40-30-28-39(29-31-40)38-26-24-37(25-27-38)36-22-20-35(21-23-36)19-15-14-17-33(5)16-10-8-2/h24-36H,7-23H2,1-6H3,(H,43,46). The molecule has 256 valence electrons. The third kappa shape index (κ3) is 12.5. The average molecular weight is 631 g/mol. The number of nitrogens with zero attached hydrogens (tertiary/aromatic N) is 1. The second-order valence-corrected chi connectivity index (χ2v) is 14.8. The van der Waals surface area contributed by atoms with Crippen LogP contribution in [0.25, 0.3) is 11.1 Å². The molecule has 3 rings (SSSR count). The van der Waals surface area contributed by atoms with E-state index < -0.39 is 0 Å². The summed E-state index contributed by atoms with van der Waals surface area (Å²) < 4.78 is 0. The lowest BCUT2D eigenvalue weighted by Gasteiger charge is -2.29. The summed E-state index contributed by atoms with van der Waals surface area (Å²) in [4.78, 5) is 27.9. The van der Waals surface area contributed by atoms with Gasteiger partial charge < -0.3 is 5.32 Å². The minimum absolute atomic E-state index is 0.0440. The monoisotopic (exact) mass is 631 g/mol. The smallest absolute Gasteiger partial charge is 0.324 e. The number of carbonyl (C=O) groups is 2. The molecular formula is C42H66N2O2. The Labute approximate surface area is 282 Å². The zero-order valence-corrected chi connectivity index (χ0v) is 30.3. The number of carbonyl (C=O) groups excluding carboxylic acids is 2. The van der Waals surface area contributed by atoms with Crippen LogP contribution in [0.4, 0.5) is 4.79 Å². The van der Waals surface area contributed by atoms with Crippen LogP contribution in [0.1, 0.15) is 173 Å². The van der Waals surface area contributed by atoms with E-state index >= 15 is 0 Å². The van der Waals surface area contributed by atoms with E-state index in [1.165, 1.54) is 107 Å². The first-order valence-electron chi connectivity index (χ1n) is 19.1. The molecule has 0 bridgehead atoms. The van der Waals surface area contributed by atoms with Crippen LogP contribution >= 0.6 is 0 Å². The van der Waals surface area contributed by atoms with Crippen LogP contribution in [-0.4, -0.2) is 28.9 Å². The number of amides is 3. The number of benzene rings is 2. The minimum Gasteiger partial charge on any atom is -0.335 e. The third-order valence-electron chi connectivity index (χ3n) is 10.4. The van der Waals surface area contributed by atoms with Crippen molar-refractivity contribution in [2.45, 2.75) is 169 Å². The van der Waals surface area contributed by atoms with Gasteiger partial charge in [-0.3, -0.25) is 9.69 Å². The minimum atomic E-state index is -0.304. The van der Waals surface area contributed by atoms with E-state index in [-0.39, 0.29) is 24.0 Å². The first-order valence-corrected chi connectivity index (χ1v) is 19.1.